The summed E-state index contributed by atoms with van der Waals surface area (Å²) in [6.45, 7) is 0. The van der Waals surface area contributed by atoms with E-state index < -0.39 is 17.8 Å². The Morgan fingerprint density at radius 2 is 1.89 bits per heavy atom. The lowest BCUT2D eigenvalue weighted by atomic mass is 10.2. The van der Waals surface area contributed by atoms with Gasteiger partial charge in [0.25, 0.3) is 11.8 Å². The molecule has 0 heterocycles. The third-order valence-electron chi connectivity index (χ3n) is 1.76. The third-order valence-corrected chi connectivity index (χ3v) is 2.25. The molecule has 6 nitrogen and oxygen atoms in total. The van der Waals surface area contributed by atoms with Crippen LogP contribution in [0.3, 0.4) is 0 Å². The Morgan fingerprint density at radius 3 is 2.50 bits per heavy atom. The molecule has 94 valence electrons. The van der Waals surface area contributed by atoms with Crippen molar-refractivity contribution in [1.29, 1.82) is 0 Å². The number of nitrogens with one attached hydrogen (secondary N) is 2. The van der Waals surface area contributed by atoms with Crippen LogP contribution in [0.1, 0.15) is 10.4 Å². The van der Waals surface area contributed by atoms with Crippen molar-refractivity contribution in [1.82, 2.24) is 10.9 Å². The summed E-state index contributed by atoms with van der Waals surface area (Å²) in [4.78, 5) is 32.6. The minimum Gasteiger partial charge on any atom is -0.545 e. The van der Waals surface area contributed by atoms with Crippen LogP contribution in [-0.4, -0.2) is 17.8 Å². The average Bonchev–Trinajstić information content (AvgIpc) is 2.33. The fourth-order valence-electron chi connectivity index (χ4n) is 1.01. The number of rotatable bonds is 3. The molecular formula is C11H8BrN2O4-. The summed E-state index contributed by atoms with van der Waals surface area (Å²) in [6.07, 6.45) is 1.29. The van der Waals surface area contributed by atoms with E-state index in [0.717, 1.165) is 10.5 Å². The summed E-state index contributed by atoms with van der Waals surface area (Å²) < 4.78 is 0.721. The van der Waals surface area contributed by atoms with Gasteiger partial charge in [0.2, 0.25) is 0 Å². The molecule has 1 rings (SSSR count). The molecule has 0 unspecified atom stereocenters. The number of amides is 2. The normalized spacial score (nSPS) is 10.1. The van der Waals surface area contributed by atoms with Gasteiger partial charge < -0.3 is 9.90 Å². The molecule has 18 heavy (non-hydrogen) atoms. The smallest absolute Gasteiger partial charge is 0.269 e. The number of halogens is 1. The number of aliphatic carboxylic acids is 1. The first-order valence-corrected chi connectivity index (χ1v) is 5.53. The summed E-state index contributed by atoms with van der Waals surface area (Å²) in [5.41, 5.74) is 4.49. The van der Waals surface area contributed by atoms with Crippen LogP contribution in [0.25, 0.3) is 0 Å². The number of carbonyl (C=O) groups excluding carboxylic acids is 3. The van der Waals surface area contributed by atoms with Crippen LogP contribution in [0.15, 0.2) is 40.9 Å². The molecule has 0 bridgehead atoms. The van der Waals surface area contributed by atoms with E-state index in [9.17, 15) is 19.5 Å². The highest BCUT2D eigenvalue weighted by Crippen LogP contribution is 2.11. The van der Waals surface area contributed by atoms with Crippen LogP contribution in [0.4, 0.5) is 0 Å². The molecule has 0 fully saturated rings. The summed E-state index contributed by atoms with van der Waals surface area (Å²) in [7, 11) is 0. The van der Waals surface area contributed by atoms with E-state index in [-0.39, 0.29) is 0 Å². The molecular weight excluding hydrogens is 304 g/mol. The lowest BCUT2D eigenvalue weighted by molar-refractivity contribution is -0.297. The number of hydrazine groups is 1. The highest BCUT2D eigenvalue weighted by molar-refractivity contribution is 9.10. The first-order chi connectivity index (χ1) is 8.49. The van der Waals surface area contributed by atoms with Gasteiger partial charge in [-0.15, -0.1) is 0 Å². The van der Waals surface area contributed by atoms with Gasteiger partial charge in [-0.25, -0.2) is 0 Å². The van der Waals surface area contributed by atoms with Crippen LogP contribution in [0.5, 0.6) is 0 Å². The van der Waals surface area contributed by atoms with Crippen molar-refractivity contribution in [3.8, 4) is 0 Å². The molecule has 0 aromatic heterocycles. The Hall–Kier alpha value is -2.15. The second-order valence-electron chi connectivity index (χ2n) is 3.11. The van der Waals surface area contributed by atoms with Crippen molar-refractivity contribution in [2.75, 3.05) is 0 Å². The fraction of sp³-hybridized carbons (Fsp3) is 0. The maximum absolute atomic E-state index is 11.5. The molecule has 0 aliphatic carbocycles. The van der Waals surface area contributed by atoms with Gasteiger partial charge in [-0.3, -0.25) is 20.4 Å². The lowest BCUT2D eigenvalue weighted by Gasteiger charge is -2.05. The van der Waals surface area contributed by atoms with Gasteiger partial charge >= 0.3 is 0 Å². The predicted molar refractivity (Wildman–Crippen MR) is 63.9 cm³/mol. The molecule has 0 atom stereocenters. The van der Waals surface area contributed by atoms with Crippen LogP contribution in [0.2, 0.25) is 0 Å². The summed E-state index contributed by atoms with van der Waals surface area (Å²) in [5, 5.41) is 10.0. The van der Waals surface area contributed by atoms with Gasteiger partial charge in [-0.05, 0) is 24.3 Å². The highest BCUT2D eigenvalue weighted by atomic mass is 79.9. The maximum atomic E-state index is 11.5. The molecule has 1 aromatic rings. The molecule has 0 saturated heterocycles. The predicted octanol–water partition coefficient (Wildman–Crippen LogP) is -0.484. The van der Waals surface area contributed by atoms with Crippen LogP contribution in [0, 0.1) is 0 Å². The van der Waals surface area contributed by atoms with Crippen LogP contribution in [-0.2, 0) is 9.59 Å². The van der Waals surface area contributed by atoms with E-state index in [4.69, 9.17) is 0 Å². The SMILES string of the molecule is O=C([O-])C=CC(=O)NNC(=O)c1cccc(Br)c1. The number of carbonyl (C=O) groups is 3. The van der Waals surface area contributed by atoms with E-state index in [2.05, 4.69) is 21.4 Å². The van der Waals surface area contributed by atoms with Crippen molar-refractivity contribution in [2.24, 2.45) is 0 Å². The maximum Gasteiger partial charge on any atom is 0.269 e. The monoisotopic (exact) mass is 311 g/mol. The minimum atomic E-state index is -1.50. The molecule has 1 aromatic carbocycles. The van der Waals surface area contributed by atoms with Gasteiger partial charge in [0.05, 0.1) is 5.97 Å². The Balaban J connectivity index is 2.52. The number of carboxylic acid groups (broad SMARTS) is 1. The van der Waals surface area contributed by atoms with E-state index in [0.29, 0.717) is 11.6 Å². The van der Waals surface area contributed by atoms with Crippen molar-refractivity contribution < 1.29 is 19.5 Å². The van der Waals surface area contributed by atoms with Gasteiger partial charge in [0.15, 0.2) is 0 Å². The summed E-state index contributed by atoms with van der Waals surface area (Å²) in [5.74, 6) is -2.79. The quantitative estimate of drug-likeness (QED) is 0.581. The third kappa shape index (κ3) is 4.79. The van der Waals surface area contributed by atoms with Gasteiger partial charge in [0.1, 0.15) is 0 Å². The second-order valence-corrected chi connectivity index (χ2v) is 4.02. The number of carboxylic acids is 1. The van der Waals surface area contributed by atoms with Crippen molar-refractivity contribution in [2.45, 2.75) is 0 Å². The first kappa shape index (κ1) is 13.9. The molecule has 0 radical (unpaired) electrons. The molecule has 0 spiro atoms. The van der Waals surface area contributed by atoms with Crippen molar-refractivity contribution in [3.05, 3.63) is 46.5 Å². The van der Waals surface area contributed by atoms with E-state index in [1.54, 1.807) is 24.3 Å². The zero-order valence-electron chi connectivity index (χ0n) is 8.98. The second kappa shape index (κ2) is 6.55. The van der Waals surface area contributed by atoms with Gasteiger partial charge in [0, 0.05) is 16.1 Å². The Morgan fingerprint density at radius 1 is 1.17 bits per heavy atom. The number of hydrogen-bond donors (Lipinski definition) is 2. The largest absolute Gasteiger partial charge is 0.545 e. The van der Waals surface area contributed by atoms with E-state index in [1.807, 2.05) is 5.43 Å². The van der Waals surface area contributed by atoms with Crippen molar-refractivity contribution >= 4 is 33.7 Å². The van der Waals surface area contributed by atoms with Gasteiger partial charge in [-0.2, -0.15) is 0 Å². The zero-order chi connectivity index (χ0) is 13.5. The summed E-state index contributed by atoms with van der Waals surface area (Å²) in [6, 6.07) is 6.54. The van der Waals surface area contributed by atoms with E-state index in [1.165, 1.54) is 0 Å². The molecule has 2 N–H and O–H groups in total. The first-order valence-electron chi connectivity index (χ1n) is 4.74. The molecule has 0 saturated carbocycles. The Kier molecular flexibility index (Phi) is 5.06. The van der Waals surface area contributed by atoms with Gasteiger partial charge in [-0.1, -0.05) is 22.0 Å². The zero-order valence-corrected chi connectivity index (χ0v) is 10.6. The van der Waals surface area contributed by atoms with Crippen LogP contribution >= 0.6 is 15.9 Å². The standard InChI is InChI=1S/C11H9BrN2O4/c12-8-3-1-2-7(6-8)11(18)14-13-9(15)4-5-10(16)17/h1-6H,(H,13,15)(H,14,18)(H,16,17)/p-1. The van der Waals surface area contributed by atoms with Crippen LogP contribution < -0.4 is 16.0 Å². The molecule has 0 aliphatic rings. The number of benzene rings is 1. The molecule has 0 aliphatic heterocycles. The van der Waals surface area contributed by atoms with Crippen molar-refractivity contribution in [3.63, 3.8) is 0 Å². The highest BCUT2D eigenvalue weighted by Gasteiger charge is 2.05. The summed E-state index contributed by atoms with van der Waals surface area (Å²) >= 11 is 3.20. The average molecular weight is 312 g/mol. The molecule has 2 amide bonds. The Labute approximate surface area is 111 Å². The number of hydrogen-bond acceptors (Lipinski definition) is 4. The van der Waals surface area contributed by atoms with E-state index >= 15 is 0 Å². The Bertz CT molecular complexity index is 514. The lowest BCUT2D eigenvalue weighted by Crippen LogP contribution is -2.41. The molecule has 7 heteroatoms. The minimum absolute atomic E-state index is 0.341. The fourth-order valence-corrected chi connectivity index (χ4v) is 1.40. The topological polar surface area (TPSA) is 98.3 Å².